The zero-order valence-electron chi connectivity index (χ0n) is 11.5. The van der Waals surface area contributed by atoms with Gasteiger partial charge in [-0.25, -0.2) is 4.98 Å². The minimum atomic E-state index is 0.108. The Morgan fingerprint density at radius 1 is 1.10 bits per heavy atom. The Balaban J connectivity index is 1.60. The van der Waals surface area contributed by atoms with Gasteiger partial charge in [-0.05, 0) is 49.2 Å². The van der Waals surface area contributed by atoms with Crippen molar-refractivity contribution >= 4 is 39.0 Å². The minimum absolute atomic E-state index is 0.108. The molecule has 1 amide bonds. The number of carbonyl (C=O) groups is 1. The van der Waals surface area contributed by atoms with Crippen LogP contribution in [-0.2, 0) is 4.79 Å². The molecule has 1 aliphatic carbocycles. The Bertz CT molecular complexity index is 621. The van der Waals surface area contributed by atoms with E-state index >= 15 is 0 Å². The predicted octanol–water partition coefficient (Wildman–Crippen LogP) is 4.33. The van der Waals surface area contributed by atoms with Crippen LogP contribution in [0.5, 0.6) is 0 Å². The quantitative estimate of drug-likeness (QED) is 0.867. The lowest BCUT2D eigenvalue weighted by Gasteiger charge is -2.23. The second kappa shape index (κ2) is 6.26. The third-order valence-corrected chi connectivity index (χ3v) is 4.15. The lowest BCUT2D eigenvalue weighted by Crippen LogP contribution is -2.28. The van der Waals surface area contributed by atoms with Gasteiger partial charge < -0.3 is 10.6 Å². The Kier molecular flexibility index (Phi) is 4.20. The maximum absolute atomic E-state index is 11.8. The highest BCUT2D eigenvalue weighted by Crippen LogP contribution is 2.27. The summed E-state index contributed by atoms with van der Waals surface area (Å²) in [5, 5.41) is 6.12. The van der Waals surface area contributed by atoms with Crippen molar-refractivity contribution in [2.45, 2.75) is 19.3 Å². The summed E-state index contributed by atoms with van der Waals surface area (Å²) in [4.78, 5) is 16.2. The molecule has 0 atom stereocenters. The van der Waals surface area contributed by atoms with E-state index in [1.54, 1.807) is 6.20 Å². The molecule has 108 valence electrons. The molecule has 3 rings (SSSR count). The van der Waals surface area contributed by atoms with E-state index in [0.29, 0.717) is 0 Å². The van der Waals surface area contributed by atoms with Crippen molar-refractivity contribution in [3.05, 3.63) is 47.1 Å². The Labute approximate surface area is 132 Å². The van der Waals surface area contributed by atoms with Crippen LogP contribution in [0.4, 0.5) is 17.2 Å². The zero-order chi connectivity index (χ0) is 14.7. The molecule has 0 unspecified atom stereocenters. The highest BCUT2D eigenvalue weighted by atomic mass is 79.9. The molecule has 2 N–H and O–H groups in total. The molecule has 1 heterocycles. The van der Waals surface area contributed by atoms with Crippen LogP contribution >= 0.6 is 15.9 Å². The van der Waals surface area contributed by atoms with E-state index in [1.807, 2.05) is 36.4 Å². The van der Waals surface area contributed by atoms with E-state index in [0.717, 1.165) is 40.9 Å². The fourth-order valence-electron chi connectivity index (χ4n) is 2.14. The molecule has 0 aliphatic heterocycles. The monoisotopic (exact) mass is 345 g/mol. The second-order valence-corrected chi connectivity index (χ2v) is 6.10. The number of hydrogen-bond donors (Lipinski definition) is 2. The van der Waals surface area contributed by atoms with Gasteiger partial charge in [-0.3, -0.25) is 4.79 Å². The maximum atomic E-state index is 11.8. The summed E-state index contributed by atoms with van der Waals surface area (Å²) < 4.78 is 1.04. The first kappa shape index (κ1) is 14.1. The standard InChI is InChI=1S/C16H16BrN3O/c17-12-4-6-13(7-5-12)19-15-9-8-14(10-18-15)20-16(21)11-2-1-3-11/h4-11H,1-3H2,(H,18,19)(H,20,21). The van der Waals surface area contributed by atoms with Crippen molar-refractivity contribution < 1.29 is 4.79 Å². The van der Waals surface area contributed by atoms with E-state index in [1.165, 1.54) is 0 Å². The summed E-state index contributed by atoms with van der Waals surface area (Å²) in [6, 6.07) is 11.6. The number of nitrogens with zero attached hydrogens (tertiary/aromatic N) is 1. The highest BCUT2D eigenvalue weighted by Gasteiger charge is 2.25. The fraction of sp³-hybridized carbons (Fsp3) is 0.250. The number of aromatic nitrogens is 1. The van der Waals surface area contributed by atoms with Gasteiger partial charge in [0.25, 0.3) is 0 Å². The predicted molar refractivity (Wildman–Crippen MR) is 87.6 cm³/mol. The van der Waals surface area contributed by atoms with E-state index in [9.17, 15) is 4.79 Å². The molecule has 0 bridgehead atoms. The van der Waals surface area contributed by atoms with Crippen molar-refractivity contribution in [1.82, 2.24) is 4.98 Å². The lowest BCUT2D eigenvalue weighted by molar-refractivity contribution is -0.122. The van der Waals surface area contributed by atoms with Crippen molar-refractivity contribution in [2.24, 2.45) is 5.92 Å². The lowest BCUT2D eigenvalue weighted by atomic mass is 9.85. The van der Waals surface area contributed by atoms with Gasteiger partial charge in [-0.15, -0.1) is 0 Å². The first-order valence-corrected chi connectivity index (χ1v) is 7.79. The SMILES string of the molecule is O=C(Nc1ccc(Nc2ccc(Br)cc2)nc1)C1CCC1. The van der Waals surface area contributed by atoms with Gasteiger partial charge in [0.15, 0.2) is 0 Å². The third-order valence-electron chi connectivity index (χ3n) is 3.62. The van der Waals surface area contributed by atoms with E-state index in [4.69, 9.17) is 0 Å². The molecule has 2 aromatic rings. The summed E-state index contributed by atoms with van der Waals surface area (Å²) in [5.74, 6) is 1.04. The molecule has 0 radical (unpaired) electrons. The van der Waals surface area contributed by atoms with Crippen molar-refractivity contribution in [2.75, 3.05) is 10.6 Å². The van der Waals surface area contributed by atoms with Crippen LogP contribution in [0.15, 0.2) is 47.1 Å². The van der Waals surface area contributed by atoms with Crippen LogP contribution in [0.2, 0.25) is 0 Å². The number of pyridine rings is 1. The van der Waals surface area contributed by atoms with Crippen molar-refractivity contribution in [3.8, 4) is 0 Å². The first-order valence-electron chi connectivity index (χ1n) is 7.00. The molecule has 1 saturated carbocycles. The summed E-state index contributed by atoms with van der Waals surface area (Å²) in [6.45, 7) is 0. The molecular formula is C16H16BrN3O. The molecular weight excluding hydrogens is 330 g/mol. The average Bonchev–Trinajstić information content (AvgIpc) is 2.41. The maximum Gasteiger partial charge on any atom is 0.227 e. The number of nitrogens with one attached hydrogen (secondary N) is 2. The van der Waals surface area contributed by atoms with Gasteiger partial charge in [0, 0.05) is 16.1 Å². The number of halogens is 1. The van der Waals surface area contributed by atoms with E-state index in [2.05, 4.69) is 31.5 Å². The number of anilines is 3. The molecule has 0 spiro atoms. The van der Waals surface area contributed by atoms with Crippen LogP contribution in [-0.4, -0.2) is 10.9 Å². The number of benzene rings is 1. The number of carbonyl (C=O) groups excluding carboxylic acids is 1. The summed E-state index contributed by atoms with van der Waals surface area (Å²) in [6.07, 6.45) is 4.84. The minimum Gasteiger partial charge on any atom is -0.340 e. The van der Waals surface area contributed by atoms with E-state index < -0.39 is 0 Å². The summed E-state index contributed by atoms with van der Waals surface area (Å²) in [7, 11) is 0. The normalized spacial score (nSPS) is 14.3. The number of amides is 1. The van der Waals surface area contributed by atoms with Crippen LogP contribution < -0.4 is 10.6 Å². The van der Waals surface area contributed by atoms with Crippen LogP contribution in [0.1, 0.15) is 19.3 Å². The van der Waals surface area contributed by atoms with Crippen molar-refractivity contribution in [3.63, 3.8) is 0 Å². The summed E-state index contributed by atoms with van der Waals surface area (Å²) in [5.41, 5.74) is 1.71. The Morgan fingerprint density at radius 2 is 1.81 bits per heavy atom. The molecule has 1 aromatic carbocycles. The zero-order valence-corrected chi connectivity index (χ0v) is 13.1. The molecule has 1 aromatic heterocycles. The van der Waals surface area contributed by atoms with Crippen LogP contribution in [0, 0.1) is 5.92 Å². The van der Waals surface area contributed by atoms with Gasteiger partial charge in [0.1, 0.15) is 5.82 Å². The first-order chi connectivity index (χ1) is 10.2. The smallest absolute Gasteiger partial charge is 0.227 e. The molecule has 5 heteroatoms. The Morgan fingerprint density at radius 3 is 2.38 bits per heavy atom. The fourth-order valence-corrected chi connectivity index (χ4v) is 2.40. The molecule has 1 aliphatic rings. The van der Waals surface area contributed by atoms with Gasteiger partial charge in [0.05, 0.1) is 11.9 Å². The van der Waals surface area contributed by atoms with Gasteiger partial charge in [-0.1, -0.05) is 22.4 Å². The Hall–Kier alpha value is -1.88. The van der Waals surface area contributed by atoms with Gasteiger partial charge in [0.2, 0.25) is 5.91 Å². The largest absolute Gasteiger partial charge is 0.340 e. The topological polar surface area (TPSA) is 54.0 Å². The molecule has 4 nitrogen and oxygen atoms in total. The number of rotatable bonds is 4. The summed E-state index contributed by atoms with van der Waals surface area (Å²) >= 11 is 3.40. The molecule has 0 saturated heterocycles. The van der Waals surface area contributed by atoms with Gasteiger partial charge >= 0.3 is 0 Å². The second-order valence-electron chi connectivity index (χ2n) is 5.18. The van der Waals surface area contributed by atoms with E-state index in [-0.39, 0.29) is 11.8 Å². The highest BCUT2D eigenvalue weighted by molar-refractivity contribution is 9.10. The average molecular weight is 346 g/mol. The van der Waals surface area contributed by atoms with Crippen LogP contribution in [0.3, 0.4) is 0 Å². The third kappa shape index (κ3) is 3.61. The molecule has 21 heavy (non-hydrogen) atoms. The van der Waals surface area contributed by atoms with Crippen molar-refractivity contribution in [1.29, 1.82) is 0 Å². The molecule has 1 fully saturated rings. The number of hydrogen-bond acceptors (Lipinski definition) is 3. The van der Waals surface area contributed by atoms with Gasteiger partial charge in [-0.2, -0.15) is 0 Å². The van der Waals surface area contributed by atoms with Crippen LogP contribution in [0.25, 0.3) is 0 Å².